The molecule has 106 valence electrons. The highest BCUT2D eigenvalue weighted by molar-refractivity contribution is 9.09. The second kappa shape index (κ2) is 6.90. The summed E-state index contributed by atoms with van der Waals surface area (Å²) in [5, 5.41) is 0.873. The second-order valence-corrected chi connectivity index (χ2v) is 6.67. The second-order valence-electron chi connectivity index (χ2n) is 6.03. The van der Waals surface area contributed by atoms with Gasteiger partial charge in [0.1, 0.15) is 0 Å². The van der Waals surface area contributed by atoms with Gasteiger partial charge in [-0.15, -0.1) is 0 Å². The van der Waals surface area contributed by atoms with Gasteiger partial charge in [0.2, 0.25) is 0 Å². The van der Waals surface area contributed by atoms with Crippen molar-refractivity contribution < 1.29 is 4.74 Å². The van der Waals surface area contributed by atoms with Crippen molar-refractivity contribution in [2.45, 2.75) is 52.2 Å². The summed E-state index contributed by atoms with van der Waals surface area (Å²) < 4.78 is 6.38. The highest BCUT2D eigenvalue weighted by Crippen LogP contribution is 2.34. The summed E-state index contributed by atoms with van der Waals surface area (Å²) in [6, 6.07) is 8.55. The number of halogens is 1. The van der Waals surface area contributed by atoms with Gasteiger partial charge in [0.15, 0.2) is 0 Å². The fourth-order valence-corrected chi connectivity index (χ4v) is 3.50. The number of rotatable bonds is 4. The Balaban J connectivity index is 2.02. The van der Waals surface area contributed by atoms with Crippen molar-refractivity contribution in [2.24, 2.45) is 11.8 Å². The highest BCUT2D eigenvalue weighted by Gasteiger charge is 2.27. The molecule has 0 N–H and O–H groups in total. The van der Waals surface area contributed by atoms with Crippen LogP contribution in [0.4, 0.5) is 0 Å². The molecule has 2 heteroatoms. The van der Waals surface area contributed by atoms with Gasteiger partial charge in [0.25, 0.3) is 0 Å². The maximum absolute atomic E-state index is 6.38. The van der Waals surface area contributed by atoms with Crippen LogP contribution < -0.4 is 0 Å². The van der Waals surface area contributed by atoms with Gasteiger partial charge in [0.05, 0.1) is 12.2 Å². The van der Waals surface area contributed by atoms with E-state index in [1.807, 2.05) is 0 Å². The van der Waals surface area contributed by atoms with Crippen LogP contribution in [0.25, 0.3) is 0 Å². The van der Waals surface area contributed by atoms with Gasteiger partial charge in [-0.05, 0) is 49.1 Å². The molecule has 0 saturated heterocycles. The number of alkyl halides is 1. The van der Waals surface area contributed by atoms with Gasteiger partial charge in [-0.3, -0.25) is 0 Å². The quantitative estimate of drug-likeness (QED) is 0.685. The Hall–Kier alpha value is -0.340. The van der Waals surface area contributed by atoms with Crippen LogP contribution in [-0.4, -0.2) is 11.4 Å². The van der Waals surface area contributed by atoms with E-state index in [0.29, 0.717) is 6.10 Å². The number of hydrogen-bond donors (Lipinski definition) is 0. The molecular weight excluding hydrogens is 300 g/mol. The Morgan fingerprint density at radius 2 is 1.95 bits per heavy atom. The normalized spacial score (nSPS) is 29.2. The molecule has 4 unspecified atom stereocenters. The predicted octanol–water partition coefficient (Wildman–Crippen LogP) is 5.27. The molecular formula is C17H25BrO. The summed E-state index contributed by atoms with van der Waals surface area (Å²) in [5.74, 6) is 1.63. The number of ether oxygens (including phenoxy) is 1. The zero-order valence-electron chi connectivity index (χ0n) is 12.2. The van der Waals surface area contributed by atoms with E-state index in [2.05, 4.69) is 61.0 Å². The van der Waals surface area contributed by atoms with Crippen LogP contribution >= 0.6 is 15.9 Å². The van der Waals surface area contributed by atoms with Crippen molar-refractivity contribution in [1.82, 2.24) is 0 Å². The lowest BCUT2D eigenvalue weighted by atomic mass is 9.80. The Morgan fingerprint density at radius 1 is 1.21 bits per heavy atom. The molecule has 1 fully saturated rings. The van der Waals surface area contributed by atoms with E-state index in [0.717, 1.165) is 17.2 Å². The molecule has 1 aromatic rings. The maximum atomic E-state index is 6.38. The molecule has 1 aliphatic rings. The summed E-state index contributed by atoms with van der Waals surface area (Å²) in [6.07, 6.45) is 4.33. The molecule has 4 atom stereocenters. The molecule has 2 rings (SSSR count). The zero-order valence-corrected chi connectivity index (χ0v) is 13.8. The van der Waals surface area contributed by atoms with Gasteiger partial charge >= 0.3 is 0 Å². The topological polar surface area (TPSA) is 9.23 Å². The molecule has 19 heavy (non-hydrogen) atoms. The smallest absolute Gasteiger partial charge is 0.0927 e. The SMILES string of the molecule is Cc1ccccc1C(CBr)OC1CCC(C)C(C)C1. The lowest BCUT2D eigenvalue weighted by Crippen LogP contribution is -2.28. The van der Waals surface area contributed by atoms with Crippen molar-refractivity contribution in [3.63, 3.8) is 0 Å². The van der Waals surface area contributed by atoms with E-state index < -0.39 is 0 Å². The fraction of sp³-hybridized carbons (Fsp3) is 0.647. The van der Waals surface area contributed by atoms with Crippen LogP contribution in [0.15, 0.2) is 24.3 Å². The van der Waals surface area contributed by atoms with Crippen LogP contribution in [0.5, 0.6) is 0 Å². The molecule has 0 amide bonds. The molecule has 1 aliphatic carbocycles. The molecule has 0 aliphatic heterocycles. The fourth-order valence-electron chi connectivity index (χ4n) is 2.99. The standard InChI is InChI=1S/C17H25BrO/c1-12-8-9-15(10-14(12)3)19-17(11-18)16-7-5-4-6-13(16)2/h4-7,12,14-15,17H,8-11H2,1-3H3. The summed E-state index contributed by atoms with van der Waals surface area (Å²) in [4.78, 5) is 0. The number of aryl methyl sites for hydroxylation is 1. The van der Waals surface area contributed by atoms with Crippen molar-refractivity contribution >= 4 is 15.9 Å². The van der Waals surface area contributed by atoms with Gasteiger partial charge in [-0.2, -0.15) is 0 Å². The Labute approximate surface area is 125 Å². The van der Waals surface area contributed by atoms with E-state index >= 15 is 0 Å². The van der Waals surface area contributed by atoms with Gasteiger partial charge in [-0.25, -0.2) is 0 Å². The Morgan fingerprint density at radius 3 is 2.58 bits per heavy atom. The summed E-state index contributed by atoms with van der Waals surface area (Å²) in [7, 11) is 0. The van der Waals surface area contributed by atoms with Crippen molar-refractivity contribution in [2.75, 3.05) is 5.33 Å². The molecule has 0 heterocycles. The average molecular weight is 325 g/mol. The van der Waals surface area contributed by atoms with E-state index in [1.54, 1.807) is 0 Å². The third-order valence-electron chi connectivity index (χ3n) is 4.58. The van der Waals surface area contributed by atoms with Crippen LogP contribution in [0.2, 0.25) is 0 Å². The highest BCUT2D eigenvalue weighted by atomic mass is 79.9. The first-order chi connectivity index (χ1) is 9.11. The maximum Gasteiger partial charge on any atom is 0.0927 e. The van der Waals surface area contributed by atoms with E-state index in [-0.39, 0.29) is 6.10 Å². The first-order valence-corrected chi connectivity index (χ1v) is 8.51. The zero-order chi connectivity index (χ0) is 13.8. The minimum absolute atomic E-state index is 0.187. The molecule has 0 bridgehead atoms. The Bertz CT molecular complexity index is 404. The molecule has 1 nitrogen and oxygen atoms in total. The molecule has 0 radical (unpaired) electrons. The van der Waals surface area contributed by atoms with Gasteiger partial charge in [-0.1, -0.05) is 54.0 Å². The molecule has 0 spiro atoms. The third kappa shape index (κ3) is 3.82. The molecule has 0 aromatic heterocycles. The van der Waals surface area contributed by atoms with E-state index in [4.69, 9.17) is 4.74 Å². The lowest BCUT2D eigenvalue weighted by Gasteiger charge is -2.34. The number of benzene rings is 1. The monoisotopic (exact) mass is 324 g/mol. The number of hydrogen-bond acceptors (Lipinski definition) is 1. The summed E-state index contributed by atoms with van der Waals surface area (Å²) in [5.41, 5.74) is 2.65. The predicted molar refractivity (Wildman–Crippen MR) is 84.8 cm³/mol. The van der Waals surface area contributed by atoms with Crippen LogP contribution in [-0.2, 0) is 4.74 Å². The minimum atomic E-state index is 0.187. The van der Waals surface area contributed by atoms with Crippen molar-refractivity contribution in [1.29, 1.82) is 0 Å². The van der Waals surface area contributed by atoms with Crippen molar-refractivity contribution in [3.05, 3.63) is 35.4 Å². The lowest BCUT2D eigenvalue weighted by molar-refractivity contribution is -0.0386. The first kappa shape index (κ1) is 15.1. The molecule has 1 saturated carbocycles. The van der Waals surface area contributed by atoms with Crippen LogP contribution in [0.3, 0.4) is 0 Å². The largest absolute Gasteiger partial charge is 0.369 e. The van der Waals surface area contributed by atoms with Crippen LogP contribution in [0, 0.1) is 18.8 Å². The average Bonchev–Trinajstić information content (AvgIpc) is 2.41. The first-order valence-electron chi connectivity index (χ1n) is 7.38. The van der Waals surface area contributed by atoms with Crippen molar-refractivity contribution in [3.8, 4) is 0 Å². The Kier molecular flexibility index (Phi) is 5.47. The van der Waals surface area contributed by atoms with Gasteiger partial charge < -0.3 is 4.74 Å². The van der Waals surface area contributed by atoms with Gasteiger partial charge in [0, 0.05) is 5.33 Å². The molecule has 1 aromatic carbocycles. The minimum Gasteiger partial charge on any atom is -0.369 e. The van der Waals surface area contributed by atoms with E-state index in [1.165, 1.54) is 30.4 Å². The summed E-state index contributed by atoms with van der Waals surface area (Å²) in [6.45, 7) is 6.89. The van der Waals surface area contributed by atoms with E-state index in [9.17, 15) is 0 Å². The summed E-state index contributed by atoms with van der Waals surface area (Å²) >= 11 is 3.62. The third-order valence-corrected chi connectivity index (χ3v) is 5.17. The van der Waals surface area contributed by atoms with Crippen LogP contribution in [0.1, 0.15) is 50.3 Å².